The number of aliphatic imine (C=N–C) groups is 1. The Bertz CT molecular complexity index is 815. The van der Waals surface area contributed by atoms with E-state index in [4.69, 9.17) is 4.74 Å². The molecule has 0 amide bonds. The summed E-state index contributed by atoms with van der Waals surface area (Å²) < 4.78 is 19.9. The first kappa shape index (κ1) is 22.5. The van der Waals surface area contributed by atoms with Gasteiger partial charge in [0.05, 0.1) is 25.4 Å². The molecule has 0 aliphatic carbocycles. The summed E-state index contributed by atoms with van der Waals surface area (Å²) in [5.41, 5.74) is 4.04. The average molecular weight is 498 g/mol. The lowest BCUT2D eigenvalue weighted by Crippen LogP contribution is -2.48. The van der Waals surface area contributed by atoms with Gasteiger partial charge in [0.2, 0.25) is 0 Å². The molecule has 1 unspecified atom stereocenters. The van der Waals surface area contributed by atoms with Crippen LogP contribution in [0.1, 0.15) is 35.4 Å². The van der Waals surface area contributed by atoms with Crippen LogP contribution >= 0.6 is 24.0 Å². The predicted molar refractivity (Wildman–Crippen MR) is 121 cm³/mol. The fourth-order valence-electron chi connectivity index (χ4n) is 3.33. The van der Waals surface area contributed by atoms with Crippen LogP contribution in [0, 0.1) is 19.7 Å². The van der Waals surface area contributed by atoms with E-state index in [9.17, 15) is 4.39 Å². The summed E-state index contributed by atoms with van der Waals surface area (Å²) >= 11 is 0. The summed E-state index contributed by atoms with van der Waals surface area (Å²) in [6.07, 6.45) is 1.58. The van der Waals surface area contributed by atoms with Crippen molar-refractivity contribution < 1.29 is 9.13 Å². The monoisotopic (exact) mass is 498 g/mol. The Morgan fingerprint density at radius 2 is 2.18 bits per heavy atom. The Morgan fingerprint density at radius 3 is 2.89 bits per heavy atom. The van der Waals surface area contributed by atoms with Gasteiger partial charge in [-0.15, -0.1) is 24.0 Å². The number of nitrogens with zero attached hydrogens (tertiary/aromatic N) is 3. The van der Waals surface area contributed by atoms with Crippen LogP contribution in [0.5, 0.6) is 0 Å². The van der Waals surface area contributed by atoms with Crippen LogP contribution in [0.25, 0.3) is 0 Å². The van der Waals surface area contributed by atoms with E-state index in [1.807, 2.05) is 6.92 Å². The van der Waals surface area contributed by atoms with Gasteiger partial charge in [-0.2, -0.15) is 0 Å². The molecule has 0 radical (unpaired) electrons. The number of aromatic nitrogens is 1. The Hall–Kier alpha value is -1.74. The molecule has 1 N–H and O–H groups in total. The van der Waals surface area contributed by atoms with Crippen molar-refractivity contribution in [1.29, 1.82) is 0 Å². The summed E-state index contributed by atoms with van der Waals surface area (Å²) in [5.74, 6) is 0.438. The second-order valence-electron chi connectivity index (χ2n) is 6.77. The highest BCUT2D eigenvalue weighted by Crippen LogP contribution is 2.26. The minimum Gasteiger partial charge on any atom is -0.370 e. The fraction of sp³-hybridized carbons (Fsp3) is 0.429. The summed E-state index contributed by atoms with van der Waals surface area (Å²) in [6.45, 7) is 9.28. The molecule has 28 heavy (non-hydrogen) atoms. The third-order valence-corrected chi connectivity index (χ3v) is 4.69. The number of halogens is 2. The highest BCUT2D eigenvalue weighted by Gasteiger charge is 2.25. The second kappa shape index (κ2) is 10.7. The van der Waals surface area contributed by atoms with Crippen LogP contribution in [-0.2, 0) is 11.3 Å². The van der Waals surface area contributed by atoms with Gasteiger partial charge >= 0.3 is 0 Å². The number of morpholine rings is 1. The minimum absolute atomic E-state index is 0. The highest BCUT2D eigenvalue weighted by molar-refractivity contribution is 14.0. The maximum atomic E-state index is 13.8. The van der Waals surface area contributed by atoms with Crippen molar-refractivity contribution in [2.45, 2.75) is 33.4 Å². The van der Waals surface area contributed by atoms with Gasteiger partial charge in [-0.3, -0.25) is 4.98 Å². The Morgan fingerprint density at radius 1 is 1.36 bits per heavy atom. The Kier molecular flexibility index (Phi) is 8.62. The fourth-order valence-corrected chi connectivity index (χ4v) is 3.33. The molecule has 7 heteroatoms. The zero-order valence-corrected chi connectivity index (χ0v) is 18.9. The summed E-state index contributed by atoms with van der Waals surface area (Å²) in [5, 5.41) is 3.31. The first-order valence-corrected chi connectivity index (χ1v) is 9.40. The molecule has 1 aliphatic heterocycles. The first-order chi connectivity index (χ1) is 13.1. The molecule has 2 heterocycles. The zero-order chi connectivity index (χ0) is 19.2. The quantitative estimate of drug-likeness (QED) is 0.394. The Labute approximate surface area is 183 Å². The SMILES string of the molecule is CCNC(=NCc1ncccc1F)N1CCOC(c2ccc(C)cc2C)C1.I. The van der Waals surface area contributed by atoms with E-state index in [1.165, 1.54) is 22.8 Å². The van der Waals surface area contributed by atoms with E-state index in [-0.39, 0.29) is 42.4 Å². The van der Waals surface area contributed by atoms with Crippen LogP contribution in [0.3, 0.4) is 0 Å². The van der Waals surface area contributed by atoms with Crippen molar-refractivity contribution in [2.24, 2.45) is 4.99 Å². The van der Waals surface area contributed by atoms with Gasteiger partial charge in [0, 0.05) is 19.3 Å². The van der Waals surface area contributed by atoms with E-state index >= 15 is 0 Å². The van der Waals surface area contributed by atoms with Crippen LogP contribution in [0.4, 0.5) is 4.39 Å². The third kappa shape index (κ3) is 5.64. The van der Waals surface area contributed by atoms with Crippen LogP contribution in [-0.4, -0.2) is 42.1 Å². The molecular formula is C21H28FIN4O. The van der Waals surface area contributed by atoms with Crippen molar-refractivity contribution in [3.05, 3.63) is 64.7 Å². The largest absolute Gasteiger partial charge is 0.370 e. The average Bonchev–Trinajstić information content (AvgIpc) is 2.66. The molecule has 0 saturated carbocycles. The molecule has 3 rings (SSSR count). The molecule has 152 valence electrons. The molecular weight excluding hydrogens is 470 g/mol. The number of rotatable bonds is 4. The molecule has 1 aliphatic rings. The predicted octanol–water partition coefficient (Wildman–Crippen LogP) is 3.99. The smallest absolute Gasteiger partial charge is 0.194 e. The summed E-state index contributed by atoms with van der Waals surface area (Å²) in [7, 11) is 0. The number of ether oxygens (including phenoxy) is 1. The molecule has 5 nitrogen and oxygen atoms in total. The summed E-state index contributed by atoms with van der Waals surface area (Å²) in [4.78, 5) is 10.9. The standard InChI is InChI=1S/C21H27FN4O.HI/c1-4-23-21(25-13-19-18(22)6-5-9-24-19)26-10-11-27-20(14-26)17-8-7-15(2)12-16(17)3;/h5-9,12,20H,4,10-11,13-14H2,1-3H3,(H,23,25);1H. The van der Waals surface area contributed by atoms with Gasteiger partial charge in [0.25, 0.3) is 0 Å². The van der Waals surface area contributed by atoms with Gasteiger partial charge in [-0.05, 0) is 44.0 Å². The van der Waals surface area contributed by atoms with E-state index in [0.717, 1.165) is 19.0 Å². The molecule has 0 bridgehead atoms. The molecule has 1 aromatic heterocycles. The summed E-state index contributed by atoms with van der Waals surface area (Å²) in [6, 6.07) is 9.45. The van der Waals surface area contributed by atoms with Crippen molar-refractivity contribution in [2.75, 3.05) is 26.2 Å². The molecule has 1 fully saturated rings. The number of benzene rings is 1. The van der Waals surface area contributed by atoms with Crippen LogP contribution in [0.2, 0.25) is 0 Å². The number of hydrogen-bond acceptors (Lipinski definition) is 3. The number of guanidine groups is 1. The van der Waals surface area contributed by atoms with E-state index in [1.54, 1.807) is 12.3 Å². The lowest BCUT2D eigenvalue weighted by molar-refractivity contribution is -0.00834. The normalized spacial score (nSPS) is 17.2. The lowest BCUT2D eigenvalue weighted by atomic mass is 10.00. The van der Waals surface area contributed by atoms with Crippen LogP contribution < -0.4 is 5.32 Å². The number of nitrogens with one attached hydrogen (secondary N) is 1. The van der Waals surface area contributed by atoms with Crippen molar-refractivity contribution in [3.8, 4) is 0 Å². The third-order valence-electron chi connectivity index (χ3n) is 4.69. The number of hydrogen-bond donors (Lipinski definition) is 1. The maximum absolute atomic E-state index is 13.8. The highest BCUT2D eigenvalue weighted by atomic mass is 127. The molecule has 1 atom stereocenters. The molecule has 2 aromatic rings. The van der Waals surface area contributed by atoms with E-state index in [0.29, 0.717) is 18.8 Å². The minimum atomic E-state index is -0.327. The Balaban J connectivity index is 0.00000280. The van der Waals surface area contributed by atoms with Crippen molar-refractivity contribution in [1.82, 2.24) is 15.2 Å². The van der Waals surface area contributed by atoms with Gasteiger partial charge < -0.3 is 15.0 Å². The van der Waals surface area contributed by atoms with Gasteiger partial charge in [0.15, 0.2) is 5.96 Å². The topological polar surface area (TPSA) is 49.8 Å². The van der Waals surface area contributed by atoms with Gasteiger partial charge in [-0.1, -0.05) is 23.8 Å². The molecule has 0 spiro atoms. The zero-order valence-electron chi connectivity index (χ0n) is 16.6. The van der Waals surface area contributed by atoms with E-state index in [2.05, 4.69) is 52.2 Å². The lowest BCUT2D eigenvalue weighted by Gasteiger charge is -2.36. The van der Waals surface area contributed by atoms with Gasteiger partial charge in [-0.25, -0.2) is 9.38 Å². The van der Waals surface area contributed by atoms with Crippen molar-refractivity contribution >= 4 is 29.9 Å². The first-order valence-electron chi connectivity index (χ1n) is 9.40. The van der Waals surface area contributed by atoms with E-state index < -0.39 is 0 Å². The molecule has 1 saturated heterocycles. The number of aryl methyl sites for hydroxylation is 2. The number of pyridine rings is 1. The van der Waals surface area contributed by atoms with Crippen molar-refractivity contribution in [3.63, 3.8) is 0 Å². The molecule has 1 aromatic carbocycles. The van der Waals surface area contributed by atoms with Crippen LogP contribution in [0.15, 0.2) is 41.5 Å². The second-order valence-corrected chi connectivity index (χ2v) is 6.77. The van der Waals surface area contributed by atoms with Gasteiger partial charge in [0.1, 0.15) is 11.9 Å². The maximum Gasteiger partial charge on any atom is 0.194 e.